The quantitative estimate of drug-likeness (QED) is 0.782. The van der Waals surface area contributed by atoms with Crippen LogP contribution in [0.15, 0.2) is 42.6 Å². The Hall–Kier alpha value is -1.46. The minimum absolute atomic E-state index is 0.101. The van der Waals surface area contributed by atoms with Gasteiger partial charge in [-0.3, -0.25) is 0 Å². The maximum absolute atomic E-state index is 12.6. The molecule has 1 atom stereocenters. The highest BCUT2D eigenvalue weighted by Crippen LogP contribution is 2.33. The first-order chi connectivity index (χ1) is 9.91. The summed E-state index contributed by atoms with van der Waals surface area (Å²) < 4.78 is 37.7. The van der Waals surface area contributed by atoms with Crippen molar-refractivity contribution in [3.05, 3.63) is 58.7 Å². The summed E-state index contributed by atoms with van der Waals surface area (Å²) in [5.41, 5.74) is 0.00505. The summed E-state index contributed by atoms with van der Waals surface area (Å²) in [4.78, 5) is 3.74. The summed E-state index contributed by atoms with van der Waals surface area (Å²) in [7, 11) is 0. The van der Waals surface area contributed by atoms with E-state index in [2.05, 4.69) is 10.3 Å². The number of rotatable bonds is 4. The van der Waals surface area contributed by atoms with E-state index in [0.29, 0.717) is 0 Å². The van der Waals surface area contributed by atoms with Crippen LogP contribution in [0.25, 0.3) is 0 Å². The van der Waals surface area contributed by atoms with Crippen LogP contribution in [0.4, 0.5) is 19.0 Å². The van der Waals surface area contributed by atoms with Gasteiger partial charge in [-0.05, 0) is 11.6 Å². The minimum atomic E-state index is -4.47. The van der Waals surface area contributed by atoms with Crippen LogP contribution in [0, 0.1) is 0 Å². The number of nitrogens with zero attached hydrogens (tertiary/aromatic N) is 1. The van der Waals surface area contributed by atoms with E-state index in [1.807, 2.05) is 30.3 Å². The molecule has 1 aromatic carbocycles. The van der Waals surface area contributed by atoms with Crippen molar-refractivity contribution in [3.8, 4) is 0 Å². The first-order valence-electron chi connectivity index (χ1n) is 6.02. The van der Waals surface area contributed by atoms with Crippen molar-refractivity contribution in [3.63, 3.8) is 0 Å². The number of benzene rings is 1. The molecule has 1 N–H and O–H groups in total. The summed E-state index contributed by atoms with van der Waals surface area (Å²) in [6.45, 7) is 0. The molecular weight excluding hydrogens is 324 g/mol. The Bertz CT molecular complexity index is 603. The molecule has 0 saturated carbocycles. The zero-order chi connectivity index (χ0) is 15.5. The second kappa shape index (κ2) is 6.54. The van der Waals surface area contributed by atoms with Gasteiger partial charge < -0.3 is 5.32 Å². The van der Waals surface area contributed by atoms with Crippen LogP contribution in [-0.4, -0.2) is 10.9 Å². The molecule has 112 valence electrons. The molecule has 0 aliphatic rings. The van der Waals surface area contributed by atoms with E-state index < -0.39 is 11.7 Å². The minimum Gasteiger partial charge on any atom is -0.361 e. The molecule has 2 aromatic rings. The lowest BCUT2D eigenvalue weighted by molar-refractivity contribution is -0.137. The molecule has 2 nitrogen and oxygen atoms in total. The molecule has 0 bridgehead atoms. The number of nitrogens with one attached hydrogen (secondary N) is 1. The SMILES string of the molecule is FC(F)(F)c1cnc(NC(CCl)c2ccccc2)c(Cl)c1. The average molecular weight is 335 g/mol. The molecule has 0 saturated heterocycles. The van der Waals surface area contributed by atoms with E-state index in [9.17, 15) is 13.2 Å². The molecule has 1 heterocycles. The standard InChI is InChI=1S/C14H11Cl2F3N2/c15-7-12(9-4-2-1-3-5-9)21-13-11(16)6-10(8-20-13)14(17,18)19/h1-6,8,12H,7H2,(H,20,21). The smallest absolute Gasteiger partial charge is 0.361 e. The molecule has 2 rings (SSSR count). The van der Waals surface area contributed by atoms with E-state index in [1.54, 1.807) is 0 Å². The molecule has 0 aliphatic heterocycles. The summed E-state index contributed by atoms with van der Waals surface area (Å²) in [5.74, 6) is 0.391. The number of halogens is 5. The van der Waals surface area contributed by atoms with Crippen LogP contribution in [-0.2, 0) is 6.18 Å². The normalized spacial score (nSPS) is 13.0. The third-order valence-electron chi connectivity index (χ3n) is 2.84. The van der Waals surface area contributed by atoms with Crippen molar-refractivity contribution < 1.29 is 13.2 Å². The van der Waals surface area contributed by atoms with Crippen molar-refractivity contribution in [2.24, 2.45) is 0 Å². The maximum Gasteiger partial charge on any atom is 0.417 e. The van der Waals surface area contributed by atoms with Crippen molar-refractivity contribution in [1.29, 1.82) is 0 Å². The van der Waals surface area contributed by atoms with Crippen molar-refractivity contribution in [2.45, 2.75) is 12.2 Å². The molecule has 21 heavy (non-hydrogen) atoms. The fourth-order valence-electron chi connectivity index (χ4n) is 1.76. The molecule has 1 unspecified atom stereocenters. The largest absolute Gasteiger partial charge is 0.417 e. The summed E-state index contributed by atoms with van der Waals surface area (Å²) in [6.07, 6.45) is -3.73. The van der Waals surface area contributed by atoms with Gasteiger partial charge in [0.1, 0.15) is 5.82 Å². The zero-order valence-electron chi connectivity index (χ0n) is 10.7. The van der Waals surface area contributed by atoms with Crippen LogP contribution < -0.4 is 5.32 Å². The van der Waals surface area contributed by atoms with E-state index in [0.717, 1.165) is 17.8 Å². The Morgan fingerprint density at radius 1 is 1.19 bits per heavy atom. The Morgan fingerprint density at radius 2 is 1.86 bits per heavy atom. The number of aromatic nitrogens is 1. The van der Waals surface area contributed by atoms with Gasteiger partial charge in [-0.25, -0.2) is 4.98 Å². The Kier molecular flexibility index (Phi) is 4.96. The molecule has 0 amide bonds. The number of anilines is 1. The average Bonchev–Trinajstić information content (AvgIpc) is 2.46. The lowest BCUT2D eigenvalue weighted by Crippen LogP contribution is -2.14. The van der Waals surface area contributed by atoms with Crippen LogP contribution in [0.3, 0.4) is 0 Å². The van der Waals surface area contributed by atoms with Crippen LogP contribution in [0.2, 0.25) is 5.02 Å². The first-order valence-corrected chi connectivity index (χ1v) is 6.93. The third kappa shape index (κ3) is 4.02. The molecule has 0 spiro atoms. The monoisotopic (exact) mass is 334 g/mol. The number of pyridine rings is 1. The van der Waals surface area contributed by atoms with Gasteiger partial charge in [0.15, 0.2) is 0 Å². The Morgan fingerprint density at radius 3 is 2.38 bits per heavy atom. The molecule has 1 aromatic heterocycles. The molecule has 0 aliphatic carbocycles. The third-order valence-corrected chi connectivity index (χ3v) is 3.43. The lowest BCUT2D eigenvalue weighted by Gasteiger charge is -2.18. The fraction of sp³-hybridized carbons (Fsp3) is 0.214. The second-order valence-corrected chi connectivity index (χ2v) is 5.03. The van der Waals surface area contributed by atoms with Gasteiger partial charge in [0.05, 0.1) is 16.6 Å². The predicted molar refractivity (Wildman–Crippen MR) is 77.8 cm³/mol. The molecule has 0 fully saturated rings. The van der Waals surface area contributed by atoms with E-state index in [4.69, 9.17) is 23.2 Å². The first kappa shape index (κ1) is 15.9. The fourth-order valence-corrected chi connectivity index (χ4v) is 2.24. The highest BCUT2D eigenvalue weighted by molar-refractivity contribution is 6.33. The summed E-state index contributed by atoms with van der Waals surface area (Å²) in [5, 5.41) is 2.85. The second-order valence-electron chi connectivity index (χ2n) is 4.31. The maximum atomic E-state index is 12.6. The molecular formula is C14H11Cl2F3N2. The number of hydrogen-bond acceptors (Lipinski definition) is 2. The van der Waals surface area contributed by atoms with Crippen LogP contribution >= 0.6 is 23.2 Å². The van der Waals surface area contributed by atoms with Gasteiger partial charge in [-0.2, -0.15) is 13.2 Å². The van der Waals surface area contributed by atoms with Gasteiger partial charge in [0.25, 0.3) is 0 Å². The summed E-state index contributed by atoms with van der Waals surface area (Å²) in [6, 6.07) is 9.81. The van der Waals surface area contributed by atoms with E-state index >= 15 is 0 Å². The van der Waals surface area contributed by atoms with Crippen molar-refractivity contribution in [2.75, 3.05) is 11.2 Å². The lowest BCUT2D eigenvalue weighted by atomic mass is 10.1. The van der Waals surface area contributed by atoms with Gasteiger partial charge >= 0.3 is 6.18 Å². The van der Waals surface area contributed by atoms with Crippen molar-refractivity contribution in [1.82, 2.24) is 4.98 Å². The van der Waals surface area contributed by atoms with Gasteiger partial charge in [0, 0.05) is 12.1 Å². The van der Waals surface area contributed by atoms with Gasteiger partial charge in [-0.15, -0.1) is 11.6 Å². The van der Waals surface area contributed by atoms with Crippen LogP contribution in [0.5, 0.6) is 0 Å². The predicted octanol–water partition coefficient (Wildman–Crippen LogP) is 5.15. The van der Waals surface area contributed by atoms with Crippen molar-refractivity contribution >= 4 is 29.0 Å². The molecule has 0 radical (unpaired) electrons. The number of alkyl halides is 4. The highest BCUT2D eigenvalue weighted by Gasteiger charge is 2.31. The van der Waals surface area contributed by atoms with E-state index in [1.165, 1.54) is 0 Å². The van der Waals surface area contributed by atoms with E-state index in [-0.39, 0.29) is 22.8 Å². The Labute approximate surface area is 129 Å². The number of hydrogen-bond donors (Lipinski definition) is 1. The molecule has 7 heteroatoms. The highest BCUT2D eigenvalue weighted by atomic mass is 35.5. The Balaban J connectivity index is 2.23. The van der Waals surface area contributed by atoms with Gasteiger partial charge in [0.2, 0.25) is 0 Å². The van der Waals surface area contributed by atoms with Gasteiger partial charge in [-0.1, -0.05) is 41.9 Å². The topological polar surface area (TPSA) is 24.9 Å². The summed E-state index contributed by atoms with van der Waals surface area (Å²) >= 11 is 11.8. The van der Waals surface area contributed by atoms with Crippen LogP contribution in [0.1, 0.15) is 17.2 Å². The zero-order valence-corrected chi connectivity index (χ0v) is 12.2.